The lowest BCUT2D eigenvalue weighted by Crippen LogP contribution is -2.35. The molecule has 1 aliphatic heterocycles. The van der Waals surface area contributed by atoms with E-state index in [0.29, 0.717) is 12.1 Å². The van der Waals surface area contributed by atoms with Gasteiger partial charge in [-0.1, -0.05) is 17.7 Å². The molecule has 0 saturated carbocycles. The van der Waals surface area contributed by atoms with E-state index >= 15 is 0 Å². The number of ether oxygens (including phenoxy) is 4. The quantitative estimate of drug-likeness (QED) is 0.171. The molecule has 0 radical (unpaired) electrons. The van der Waals surface area contributed by atoms with E-state index in [1.165, 1.54) is 51.4 Å². The monoisotopic (exact) mass is 532 g/mol. The molecule has 37 heavy (non-hydrogen) atoms. The Hall–Kier alpha value is -3.76. The van der Waals surface area contributed by atoms with E-state index in [4.69, 9.17) is 30.5 Å². The Morgan fingerprint density at radius 1 is 1.00 bits per heavy atom. The number of amides is 1. The van der Waals surface area contributed by atoms with E-state index in [1.807, 2.05) is 19.0 Å². The number of carbonyl (C=O) groups excluding carboxylic acids is 3. The van der Waals surface area contributed by atoms with Gasteiger partial charge in [0.2, 0.25) is 0 Å². The van der Waals surface area contributed by atoms with Gasteiger partial charge in [0.05, 0.1) is 43.5 Å². The number of hydrogen-bond acceptors (Lipinski definition) is 9. The van der Waals surface area contributed by atoms with Crippen LogP contribution in [0.4, 0.5) is 0 Å². The molecule has 1 aliphatic rings. The van der Waals surface area contributed by atoms with E-state index < -0.39 is 29.5 Å². The molecule has 1 N–H and O–H groups in total. The highest BCUT2D eigenvalue weighted by atomic mass is 35.5. The first-order valence-corrected chi connectivity index (χ1v) is 11.6. The van der Waals surface area contributed by atoms with Crippen LogP contribution < -0.4 is 18.9 Å². The lowest BCUT2D eigenvalue weighted by atomic mass is 9.94. The topological polar surface area (TPSA) is 115 Å². The van der Waals surface area contributed by atoms with Gasteiger partial charge < -0.3 is 33.9 Å². The van der Waals surface area contributed by atoms with Crippen LogP contribution in [0.2, 0.25) is 5.02 Å². The molecular weight excluding hydrogens is 504 g/mol. The number of Topliss-reactive ketones (excluding diaryl/α,β-unsaturated/α-hetero) is 1. The minimum atomic E-state index is -0.994. The van der Waals surface area contributed by atoms with Crippen molar-refractivity contribution in [1.82, 2.24) is 9.80 Å². The molecule has 0 aliphatic carbocycles. The second-order valence-corrected chi connectivity index (χ2v) is 8.89. The number of benzene rings is 2. The number of likely N-dealkylation sites (tertiary alicyclic amines) is 1. The minimum absolute atomic E-state index is 0.108. The first-order valence-electron chi connectivity index (χ1n) is 11.2. The molecular formula is C26H29ClN2O8. The first kappa shape index (κ1) is 27.8. The highest BCUT2D eigenvalue weighted by molar-refractivity contribution is 6.46. The lowest BCUT2D eigenvalue weighted by molar-refractivity contribution is -0.140. The molecule has 1 heterocycles. The van der Waals surface area contributed by atoms with Crippen molar-refractivity contribution < 1.29 is 38.4 Å². The zero-order valence-electron chi connectivity index (χ0n) is 21.5. The van der Waals surface area contributed by atoms with E-state index in [1.54, 1.807) is 12.1 Å². The van der Waals surface area contributed by atoms with Crippen LogP contribution in [0.3, 0.4) is 0 Å². The maximum absolute atomic E-state index is 13.3. The molecule has 2 aromatic rings. The van der Waals surface area contributed by atoms with Crippen LogP contribution in [0, 0.1) is 0 Å². The summed E-state index contributed by atoms with van der Waals surface area (Å²) in [5.74, 6) is -1.88. The summed E-state index contributed by atoms with van der Waals surface area (Å²) in [6.45, 7) is 1.89. The Bertz CT molecular complexity index is 1260. The summed E-state index contributed by atoms with van der Waals surface area (Å²) in [4.78, 5) is 41.4. The predicted molar refractivity (Wildman–Crippen MR) is 136 cm³/mol. The van der Waals surface area contributed by atoms with Crippen molar-refractivity contribution in [1.29, 1.82) is 0 Å². The third kappa shape index (κ3) is 5.65. The lowest BCUT2D eigenvalue weighted by Gasteiger charge is -2.27. The maximum atomic E-state index is 13.3. The molecule has 11 heteroatoms. The SMILES string of the molecule is COc1cc(/C(O)=C2\C(=O)C(=O)N(CCN(C)C)C2c2ccc(OC)c(OC(C)=O)c2)c(OC)cc1Cl. The largest absolute Gasteiger partial charge is 0.507 e. The van der Waals surface area contributed by atoms with Crippen LogP contribution in [0.25, 0.3) is 5.76 Å². The summed E-state index contributed by atoms with van der Waals surface area (Å²) < 4.78 is 21.2. The van der Waals surface area contributed by atoms with Crippen LogP contribution in [-0.2, 0) is 14.4 Å². The number of nitrogens with zero attached hydrogens (tertiary/aromatic N) is 2. The zero-order chi connectivity index (χ0) is 27.4. The standard InChI is InChI=1S/C26H29ClN2O8/c1-14(30)37-21-11-15(7-8-18(21)34-4)23-22(25(32)26(33)29(23)10-9-28(2)3)24(31)16-12-20(36-6)17(27)13-19(16)35-5/h7-8,11-13,23,31H,9-10H2,1-6H3/b24-22+. The Labute approximate surface area is 219 Å². The van der Waals surface area contributed by atoms with Crippen LogP contribution in [0.5, 0.6) is 23.0 Å². The van der Waals surface area contributed by atoms with Gasteiger partial charge in [0, 0.05) is 26.1 Å². The number of ketones is 1. The third-order valence-electron chi connectivity index (χ3n) is 5.81. The van der Waals surface area contributed by atoms with Gasteiger partial charge in [-0.2, -0.15) is 0 Å². The third-order valence-corrected chi connectivity index (χ3v) is 6.11. The van der Waals surface area contributed by atoms with Crippen molar-refractivity contribution in [3.63, 3.8) is 0 Å². The van der Waals surface area contributed by atoms with Gasteiger partial charge in [-0.3, -0.25) is 14.4 Å². The van der Waals surface area contributed by atoms with Crippen molar-refractivity contribution in [2.45, 2.75) is 13.0 Å². The molecule has 1 saturated heterocycles. The molecule has 1 amide bonds. The average molecular weight is 533 g/mol. The second kappa shape index (κ2) is 11.5. The summed E-state index contributed by atoms with van der Waals surface area (Å²) in [7, 11) is 7.89. The molecule has 1 fully saturated rings. The van der Waals surface area contributed by atoms with Gasteiger partial charge in [0.15, 0.2) is 11.5 Å². The molecule has 10 nitrogen and oxygen atoms in total. The van der Waals surface area contributed by atoms with E-state index in [0.717, 1.165) is 0 Å². The number of rotatable bonds is 9. The fourth-order valence-corrected chi connectivity index (χ4v) is 4.28. The first-order chi connectivity index (χ1) is 17.5. The molecule has 2 aromatic carbocycles. The Morgan fingerprint density at radius 3 is 2.22 bits per heavy atom. The number of likely N-dealkylation sites (N-methyl/N-ethyl adjacent to an activating group) is 1. The number of aliphatic hydroxyl groups is 1. The summed E-state index contributed by atoms with van der Waals surface area (Å²) in [6, 6.07) is 6.58. The molecule has 0 spiro atoms. The molecule has 1 unspecified atom stereocenters. The maximum Gasteiger partial charge on any atom is 0.308 e. The van der Waals surface area contributed by atoms with Gasteiger partial charge in [0.1, 0.15) is 17.3 Å². The highest BCUT2D eigenvalue weighted by Gasteiger charge is 2.46. The van der Waals surface area contributed by atoms with Crippen molar-refractivity contribution in [2.24, 2.45) is 0 Å². The van der Waals surface area contributed by atoms with Gasteiger partial charge in [-0.15, -0.1) is 0 Å². The Morgan fingerprint density at radius 2 is 1.65 bits per heavy atom. The second-order valence-electron chi connectivity index (χ2n) is 8.49. The molecule has 0 aromatic heterocycles. The molecule has 0 bridgehead atoms. The van der Waals surface area contributed by atoms with Gasteiger partial charge >= 0.3 is 5.97 Å². The van der Waals surface area contributed by atoms with Gasteiger partial charge in [-0.25, -0.2) is 0 Å². The smallest absolute Gasteiger partial charge is 0.308 e. The highest BCUT2D eigenvalue weighted by Crippen LogP contribution is 2.44. The summed E-state index contributed by atoms with van der Waals surface area (Å²) in [5.41, 5.74) is 0.384. The van der Waals surface area contributed by atoms with Gasteiger partial charge in [0.25, 0.3) is 11.7 Å². The normalized spacial score (nSPS) is 16.8. The van der Waals surface area contributed by atoms with Crippen LogP contribution in [0.1, 0.15) is 24.1 Å². The number of esters is 1. The summed E-state index contributed by atoms with van der Waals surface area (Å²) in [6.07, 6.45) is 0. The average Bonchev–Trinajstić information content (AvgIpc) is 3.11. The number of methoxy groups -OCH3 is 3. The van der Waals surface area contributed by atoms with E-state index in [2.05, 4.69) is 0 Å². The molecule has 1 atom stereocenters. The van der Waals surface area contributed by atoms with Crippen LogP contribution in [-0.4, -0.2) is 81.1 Å². The van der Waals surface area contributed by atoms with E-state index in [9.17, 15) is 19.5 Å². The predicted octanol–water partition coefficient (Wildman–Crippen LogP) is 3.27. The number of halogens is 1. The molecule has 3 rings (SSSR count). The van der Waals surface area contributed by atoms with Crippen molar-refractivity contribution in [2.75, 3.05) is 48.5 Å². The fourth-order valence-electron chi connectivity index (χ4n) is 4.05. The minimum Gasteiger partial charge on any atom is -0.507 e. The number of hydrogen-bond donors (Lipinski definition) is 1. The summed E-state index contributed by atoms with van der Waals surface area (Å²) >= 11 is 6.21. The van der Waals surface area contributed by atoms with Crippen LogP contribution in [0.15, 0.2) is 35.9 Å². The van der Waals surface area contributed by atoms with Gasteiger partial charge in [-0.05, 0) is 37.9 Å². The molecule has 198 valence electrons. The van der Waals surface area contributed by atoms with E-state index in [-0.39, 0.29) is 45.7 Å². The van der Waals surface area contributed by atoms with Crippen molar-refractivity contribution >= 4 is 35.0 Å². The zero-order valence-corrected chi connectivity index (χ0v) is 22.2. The Kier molecular flexibility index (Phi) is 8.67. The summed E-state index contributed by atoms with van der Waals surface area (Å²) in [5, 5.41) is 11.7. The number of carbonyl (C=O) groups is 3. The fraction of sp³-hybridized carbons (Fsp3) is 0.346. The van der Waals surface area contributed by atoms with Crippen molar-refractivity contribution in [3.05, 3.63) is 52.1 Å². The number of aliphatic hydroxyl groups excluding tert-OH is 1. The van der Waals surface area contributed by atoms with Crippen molar-refractivity contribution in [3.8, 4) is 23.0 Å². The Balaban J connectivity index is 2.29. The van der Waals surface area contributed by atoms with Crippen LogP contribution >= 0.6 is 11.6 Å².